The van der Waals surface area contributed by atoms with Crippen molar-refractivity contribution in [2.24, 2.45) is 5.90 Å². The molecule has 1 aliphatic carbocycles. The Morgan fingerprint density at radius 2 is 1.76 bits per heavy atom. The number of carbonyl (C=O) groups excluding carboxylic acids is 2. The third-order valence-corrected chi connectivity index (χ3v) is 8.61. The van der Waals surface area contributed by atoms with Crippen molar-refractivity contribution in [3.63, 3.8) is 0 Å². The highest BCUT2D eigenvalue weighted by Crippen LogP contribution is 2.42. The van der Waals surface area contributed by atoms with Gasteiger partial charge < -0.3 is 24.1 Å². The number of hydrogen-bond acceptors (Lipinski definition) is 6. The summed E-state index contributed by atoms with van der Waals surface area (Å²) in [5, 5.41) is 10.2. The zero-order valence-corrected chi connectivity index (χ0v) is 22.3. The first kappa shape index (κ1) is 25.3. The van der Waals surface area contributed by atoms with E-state index in [-0.39, 0.29) is 23.7 Å². The molecule has 1 aromatic heterocycles. The average molecular weight is 552 g/mol. The van der Waals surface area contributed by atoms with Crippen molar-refractivity contribution in [2.45, 2.75) is 43.7 Å². The normalized spacial score (nSPS) is 17.8. The fourth-order valence-corrected chi connectivity index (χ4v) is 6.20. The molecule has 1 saturated carbocycles. The van der Waals surface area contributed by atoms with Crippen LogP contribution in [0.3, 0.4) is 0 Å². The number of ether oxygens (including phenoxy) is 1. The maximum atomic E-state index is 13.6. The van der Waals surface area contributed by atoms with Crippen LogP contribution < -0.4 is 15.5 Å². The lowest BCUT2D eigenvalue weighted by molar-refractivity contribution is -0.00572. The number of piperidine rings is 1. The molecule has 2 aliphatic heterocycles. The highest BCUT2D eigenvalue weighted by molar-refractivity contribution is 6.02. The molecule has 1 amide bonds. The third-order valence-electron chi connectivity index (χ3n) is 8.61. The molecule has 3 aromatic carbocycles. The lowest BCUT2D eigenvalue weighted by Gasteiger charge is -2.44. The highest BCUT2D eigenvalue weighted by Gasteiger charge is 2.44. The van der Waals surface area contributed by atoms with Crippen molar-refractivity contribution in [1.29, 1.82) is 0 Å². The fraction of sp³-hybridized carbons (Fsp3) is 0.281. The van der Waals surface area contributed by atoms with Gasteiger partial charge in [-0.25, -0.2) is 4.79 Å². The second-order valence-electron chi connectivity index (χ2n) is 11.3. The monoisotopic (exact) mass is 551 g/mol. The Balaban J connectivity index is 1.09. The minimum Gasteiger partial charge on any atom is -0.486 e. The first-order valence-corrected chi connectivity index (χ1v) is 13.8. The predicted octanol–water partition coefficient (Wildman–Crippen LogP) is 5.23. The number of aromatic carboxylic acids is 1. The number of rotatable bonds is 5. The predicted molar refractivity (Wildman–Crippen MR) is 151 cm³/mol. The largest absolute Gasteiger partial charge is 0.486 e. The summed E-state index contributed by atoms with van der Waals surface area (Å²) in [4.78, 5) is 45.2. The van der Waals surface area contributed by atoms with Crippen LogP contribution >= 0.6 is 0 Å². The second-order valence-corrected chi connectivity index (χ2v) is 11.3. The molecule has 0 atom stereocenters. The van der Waals surface area contributed by atoms with E-state index < -0.39 is 11.6 Å². The zero-order chi connectivity index (χ0) is 28.3. The Morgan fingerprint density at radius 3 is 2.49 bits per heavy atom. The number of fused-ring (bicyclic) bond motifs is 2. The molecule has 0 radical (unpaired) electrons. The van der Waals surface area contributed by atoms with Crippen molar-refractivity contribution < 1.29 is 29.1 Å². The number of nitrogens with zero attached hydrogens (tertiary/aromatic N) is 2. The van der Waals surface area contributed by atoms with Gasteiger partial charge in [0.25, 0.3) is 5.91 Å². The number of amides is 1. The Bertz CT molecular complexity index is 1730. The summed E-state index contributed by atoms with van der Waals surface area (Å²) in [6, 6.07) is 18.1. The first-order valence-electron chi connectivity index (χ1n) is 13.8. The van der Waals surface area contributed by atoms with Crippen molar-refractivity contribution in [2.75, 3.05) is 13.1 Å². The van der Waals surface area contributed by atoms with E-state index >= 15 is 0 Å². The highest BCUT2D eigenvalue weighted by atomic mass is 16.6. The van der Waals surface area contributed by atoms with Gasteiger partial charge in [0.2, 0.25) is 0 Å². The molecule has 3 N–H and O–H groups in total. The van der Waals surface area contributed by atoms with E-state index in [9.17, 15) is 19.5 Å². The van der Waals surface area contributed by atoms with Gasteiger partial charge in [-0.1, -0.05) is 18.2 Å². The van der Waals surface area contributed by atoms with Crippen LogP contribution in [0.4, 0.5) is 0 Å². The van der Waals surface area contributed by atoms with Crippen LogP contribution in [0.5, 0.6) is 11.5 Å². The van der Waals surface area contributed by atoms with E-state index in [1.807, 2.05) is 30.5 Å². The lowest BCUT2D eigenvalue weighted by atomic mass is 9.82. The maximum Gasteiger partial charge on any atom is 0.335 e. The SMILES string of the molecule is NOc1cc(C(=O)N2CCC3(CC2)CC(=O)c2cc(-c4cccc(C(=O)O)c4)ccc2O3)cc2c1ccn2C1CC1. The number of ketones is 1. The molecule has 0 unspecified atom stereocenters. The molecule has 1 saturated heterocycles. The molecule has 4 aromatic rings. The van der Waals surface area contributed by atoms with E-state index in [0.717, 1.165) is 34.9 Å². The first-order chi connectivity index (χ1) is 19.8. The van der Waals surface area contributed by atoms with Gasteiger partial charge in [0.15, 0.2) is 11.5 Å². The van der Waals surface area contributed by atoms with Crippen LogP contribution in [0.1, 0.15) is 69.2 Å². The van der Waals surface area contributed by atoms with Gasteiger partial charge in [0.05, 0.1) is 23.1 Å². The topological polar surface area (TPSA) is 124 Å². The second kappa shape index (κ2) is 9.49. The van der Waals surface area contributed by atoms with Gasteiger partial charge >= 0.3 is 5.97 Å². The number of nitrogens with two attached hydrogens (primary N) is 1. The number of aromatic nitrogens is 1. The van der Waals surface area contributed by atoms with Crippen LogP contribution in [-0.2, 0) is 0 Å². The Labute approximate surface area is 236 Å². The van der Waals surface area contributed by atoms with E-state index in [1.165, 1.54) is 6.07 Å². The molecular weight excluding hydrogens is 522 g/mol. The summed E-state index contributed by atoms with van der Waals surface area (Å²) in [7, 11) is 0. The molecule has 9 heteroatoms. The molecule has 208 valence electrons. The number of hydrogen-bond donors (Lipinski definition) is 2. The van der Waals surface area contributed by atoms with Gasteiger partial charge in [-0.2, -0.15) is 5.90 Å². The van der Waals surface area contributed by atoms with Gasteiger partial charge in [-0.15, -0.1) is 0 Å². The number of carbonyl (C=O) groups is 3. The minimum absolute atomic E-state index is 0.0155. The fourth-order valence-electron chi connectivity index (χ4n) is 6.20. The van der Waals surface area contributed by atoms with Crippen molar-refractivity contribution in [1.82, 2.24) is 9.47 Å². The van der Waals surface area contributed by atoms with Crippen LogP contribution in [0, 0.1) is 0 Å². The van der Waals surface area contributed by atoms with Gasteiger partial charge in [0, 0.05) is 49.1 Å². The number of carboxylic acids is 1. The number of likely N-dealkylation sites (tertiary alicyclic amines) is 1. The number of carboxylic acid groups (broad SMARTS) is 1. The van der Waals surface area contributed by atoms with E-state index in [1.54, 1.807) is 35.2 Å². The molecule has 3 heterocycles. The molecular formula is C32H29N3O6. The molecule has 0 bridgehead atoms. The van der Waals surface area contributed by atoms with Crippen molar-refractivity contribution in [3.05, 3.63) is 83.6 Å². The number of benzene rings is 3. The van der Waals surface area contributed by atoms with Crippen LogP contribution in [0.15, 0.2) is 66.9 Å². The van der Waals surface area contributed by atoms with Crippen LogP contribution in [-0.4, -0.2) is 50.9 Å². The summed E-state index contributed by atoms with van der Waals surface area (Å²) in [6.45, 7) is 0.921. The Morgan fingerprint density at radius 1 is 0.976 bits per heavy atom. The molecule has 1 spiro atoms. The zero-order valence-electron chi connectivity index (χ0n) is 22.3. The summed E-state index contributed by atoms with van der Waals surface area (Å²) < 4.78 is 8.64. The van der Waals surface area contributed by atoms with Crippen LogP contribution in [0.25, 0.3) is 22.0 Å². The lowest BCUT2D eigenvalue weighted by Crippen LogP contribution is -2.52. The standard InChI is InChI=1S/C32H29N3O6/c33-41-29-17-22(16-26-24(29)8-11-35(26)23-5-6-23)30(37)34-12-9-32(10-13-34)18-27(36)25-15-20(4-7-28(25)40-32)19-2-1-3-21(14-19)31(38)39/h1-4,7-8,11,14-17,23H,5-6,9-10,12-13,18,33H2,(H,38,39). The quantitative estimate of drug-likeness (QED) is 0.325. The molecule has 9 nitrogen and oxygen atoms in total. The smallest absolute Gasteiger partial charge is 0.335 e. The minimum atomic E-state index is -1.00. The van der Waals surface area contributed by atoms with E-state index in [4.69, 9.17) is 15.5 Å². The van der Waals surface area contributed by atoms with Gasteiger partial charge in [-0.05, 0) is 66.4 Å². The van der Waals surface area contributed by atoms with Crippen molar-refractivity contribution in [3.8, 4) is 22.6 Å². The third kappa shape index (κ3) is 4.42. The molecule has 7 rings (SSSR count). The summed E-state index contributed by atoms with van der Waals surface area (Å²) in [5.41, 5.74) is 2.96. The van der Waals surface area contributed by atoms with E-state index in [2.05, 4.69) is 4.57 Å². The Kier molecular flexibility index (Phi) is 5.86. The average Bonchev–Trinajstić information content (AvgIpc) is 3.74. The number of Topliss-reactive ketones (excluding diaryl/α,β-unsaturated/α-hetero) is 1. The van der Waals surface area contributed by atoms with Crippen molar-refractivity contribution >= 4 is 28.6 Å². The summed E-state index contributed by atoms with van der Waals surface area (Å²) >= 11 is 0. The maximum absolute atomic E-state index is 13.6. The molecule has 41 heavy (non-hydrogen) atoms. The molecule has 2 fully saturated rings. The van der Waals surface area contributed by atoms with Gasteiger partial charge in [-0.3, -0.25) is 9.59 Å². The summed E-state index contributed by atoms with van der Waals surface area (Å²) in [6.07, 6.45) is 5.56. The van der Waals surface area contributed by atoms with E-state index in [0.29, 0.717) is 54.6 Å². The molecule has 3 aliphatic rings. The van der Waals surface area contributed by atoms with Gasteiger partial charge in [0.1, 0.15) is 11.4 Å². The van der Waals surface area contributed by atoms with Crippen LogP contribution in [0.2, 0.25) is 0 Å². The summed E-state index contributed by atoms with van der Waals surface area (Å²) in [5.74, 6) is 5.45. The Hall–Kier alpha value is -4.63.